The summed E-state index contributed by atoms with van der Waals surface area (Å²) in [5.74, 6) is 0.913. The zero-order chi connectivity index (χ0) is 22.5. The smallest absolute Gasteiger partial charge is 0.251 e. The summed E-state index contributed by atoms with van der Waals surface area (Å²) in [5, 5.41) is 2.91. The third-order valence-electron chi connectivity index (χ3n) is 5.98. The highest BCUT2D eigenvalue weighted by Crippen LogP contribution is 2.21. The van der Waals surface area contributed by atoms with Gasteiger partial charge < -0.3 is 9.88 Å². The lowest BCUT2D eigenvalue weighted by Crippen LogP contribution is -2.26. The first-order valence-electron chi connectivity index (χ1n) is 11.1. The number of halogens is 1. The van der Waals surface area contributed by atoms with Crippen molar-refractivity contribution in [3.8, 4) is 0 Å². The van der Waals surface area contributed by atoms with Crippen LogP contribution in [0.25, 0.3) is 11.0 Å². The molecule has 3 aromatic carbocycles. The van der Waals surface area contributed by atoms with E-state index in [0.29, 0.717) is 24.4 Å². The van der Waals surface area contributed by atoms with Crippen molar-refractivity contribution >= 4 is 16.9 Å². The molecule has 4 rings (SSSR count). The van der Waals surface area contributed by atoms with Gasteiger partial charge in [-0.1, -0.05) is 50.2 Å². The van der Waals surface area contributed by atoms with Gasteiger partial charge in [0.15, 0.2) is 0 Å². The molecule has 0 spiro atoms. The van der Waals surface area contributed by atoms with Crippen LogP contribution >= 0.6 is 0 Å². The topological polar surface area (TPSA) is 46.9 Å². The van der Waals surface area contributed by atoms with Gasteiger partial charge >= 0.3 is 0 Å². The molecule has 32 heavy (non-hydrogen) atoms. The average Bonchev–Trinajstić information content (AvgIpc) is 3.16. The van der Waals surface area contributed by atoms with Gasteiger partial charge in [-0.25, -0.2) is 9.37 Å². The lowest BCUT2D eigenvalue weighted by molar-refractivity contribution is 0.0954. The minimum absolute atomic E-state index is 0.215. The van der Waals surface area contributed by atoms with Crippen LogP contribution in [-0.2, 0) is 13.0 Å². The minimum Gasteiger partial charge on any atom is -0.352 e. The Morgan fingerprint density at radius 2 is 1.75 bits per heavy atom. The monoisotopic (exact) mass is 429 g/mol. The van der Waals surface area contributed by atoms with Crippen molar-refractivity contribution in [1.82, 2.24) is 14.9 Å². The van der Waals surface area contributed by atoms with Crippen LogP contribution in [0.15, 0.2) is 72.8 Å². The molecule has 1 N–H and O–H groups in total. The van der Waals surface area contributed by atoms with Crippen molar-refractivity contribution in [2.24, 2.45) is 0 Å². The van der Waals surface area contributed by atoms with E-state index >= 15 is 0 Å². The first-order valence-corrected chi connectivity index (χ1v) is 11.1. The summed E-state index contributed by atoms with van der Waals surface area (Å²) in [6.45, 7) is 5.63. The molecule has 0 aliphatic heterocycles. The minimum atomic E-state index is -0.354. The maximum Gasteiger partial charge on any atom is 0.251 e. The molecule has 0 saturated carbocycles. The molecule has 5 heteroatoms. The summed E-state index contributed by atoms with van der Waals surface area (Å²) in [6.07, 6.45) is 1.73. The average molecular weight is 430 g/mol. The number of nitrogens with zero attached hydrogens (tertiary/aromatic N) is 2. The third-order valence-corrected chi connectivity index (χ3v) is 5.98. The molecule has 4 nitrogen and oxygen atoms in total. The van der Waals surface area contributed by atoms with Crippen LogP contribution in [0.2, 0.25) is 0 Å². The zero-order valence-corrected chi connectivity index (χ0v) is 18.5. The Kier molecular flexibility index (Phi) is 6.64. The maximum atomic E-state index is 13.1. The van der Waals surface area contributed by atoms with Gasteiger partial charge in [0.25, 0.3) is 5.91 Å². The normalized spacial score (nSPS) is 12.1. The SMILES string of the molecule is CCC(C)c1ccc(Cn2c(CCNC(=O)c3ccc(F)cc3)nc3ccccc32)cc1. The van der Waals surface area contributed by atoms with Crippen molar-refractivity contribution in [3.63, 3.8) is 0 Å². The number of aromatic nitrogens is 2. The van der Waals surface area contributed by atoms with Gasteiger partial charge in [0.05, 0.1) is 11.0 Å². The molecule has 1 aromatic heterocycles. The number of hydrogen-bond donors (Lipinski definition) is 1. The number of nitrogens with one attached hydrogen (secondary N) is 1. The number of fused-ring (bicyclic) bond motifs is 1. The van der Waals surface area contributed by atoms with E-state index in [0.717, 1.165) is 29.8 Å². The molecule has 1 heterocycles. The lowest BCUT2D eigenvalue weighted by Gasteiger charge is -2.13. The molecule has 0 aliphatic carbocycles. The van der Waals surface area contributed by atoms with Gasteiger partial charge in [-0.3, -0.25) is 4.79 Å². The van der Waals surface area contributed by atoms with E-state index in [2.05, 4.69) is 54.1 Å². The van der Waals surface area contributed by atoms with Crippen LogP contribution in [0.4, 0.5) is 4.39 Å². The molecular formula is C27H28FN3O. The fourth-order valence-corrected chi connectivity index (χ4v) is 3.85. The summed E-state index contributed by atoms with van der Waals surface area (Å²) in [4.78, 5) is 17.2. The van der Waals surface area contributed by atoms with Crippen LogP contribution in [0.5, 0.6) is 0 Å². The van der Waals surface area contributed by atoms with Crippen molar-refractivity contribution in [3.05, 3.63) is 101 Å². The largest absolute Gasteiger partial charge is 0.352 e. The number of carbonyl (C=O) groups excluding carboxylic acids is 1. The van der Waals surface area contributed by atoms with E-state index in [9.17, 15) is 9.18 Å². The fraction of sp³-hybridized carbons (Fsp3) is 0.259. The Bertz CT molecular complexity index is 1200. The Balaban J connectivity index is 1.50. The molecular weight excluding hydrogens is 401 g/mol. The number of imidazole rings is 1. The highest BCUT2D eigenvalue weighted by Gasteiger charge is 2.12. The maximum absolute atomic E-state index is 13.1. The lowest BCUT2D eigenvalue weighted by atomic mass is 9.98. The molecule has 1 unspecified atom stereocenters. The van der Waals surface area contributed by atoms with Crippen molar-refractivity contribution in [2.75, 3.05) is 6.54 Å². The number of amides is 1. The first kappa shape index (κ1) is 21.8. The Morgan fingerprint density at radius 3 is 2.47 bits per heavy atom. The molecule has 4 aromatic rings. The number of benzene rings is 3. The summed E-state index contributed by atoms with van der Waals surface area (Å²) in [7, 11) is 0. The Morgan fingerprint density at radius 1 is 1.03 bits per heavy atom. The first-order chi connectivity index (χ1) is 15.5. The van der Waals surface area contributed by atoms with Crippen LogP contribution in [0.1, 0.15) is 53.5 Å². The van der Waals surface area contributed by atoms with E-state index < -0.39 is 0 Å². The number of rotatable bonds is 8. The predicted molar refractivity (Wildman–Crippen MR) is 126 cm³/mol. The summed E-state index contributed by atoms with van der Waals surface area (Å²) < 4.78 is 15.3. The van der Waals surface area contributed by atoms with E-state index in [1.807, 2.05) is 18.2 Å². The van der Waals surface area contributed by atoms with E-state index in [1.54, 1.807) is 0 Å². The standard InChI is InChI=1S/C27H28FN3O/c1-3-19(2)21-10-8-20(9-11-21)18-31-25-7-5-4-6-24(25)30-26(31)16-17-29-27(32)22-12-14-23(28)15-13-22/h4-15,19H,3,16-18H2,1-2H3,(H,29,32). The Hall–Kier alpha value is -3.47. The van der Waals surface area contributed by atoms with Crippen molar-refractivity contribution < 1.29 is 9.18 Å². The molecule has 0 fully saturated rings. The van der Waals surface area contributed by atoms with Gasteiger partial charge in [-0.05, 0) is 59.9 Å². The second-order valence-electron chi connectivity index (χ2n) is 8.17. The highest BCUT2D eigenvalue weighted by atomic mass is 19.1. The number of para-hydroxylation sites is 2. The van der Waals surface area contributed by atoms with Gasteiger partial charge in [-0.2, -0.15) is 0 Å². The summed E-state index contributed by atoms with van der Waals surface area (Å²) in [5.41, 5.74) is 5.05. The number of carbonyl (C=O) groups is 1. The molecule has 0 radical (unpaired) electrons. The fourth-order valence-electron chi connectivity index (χ4n) is 3.85. The second-order valence-corrected chi connectivity index (χ2v) is 8.17. The quantitative estimate of drug-likeness (QED) is 0.390. The second kappa shape index (κ2) is 9.77. The molecule has 1 atom stereocenters. The molecule has 0 saturated heterocycles. The van der Waals surface area contributed by atoms with Gasteiger partial charge in [-0.15, -0.1) is 0 Å². The van der Waals surface area contributed by atoms with Crippen LogP contribution in [0, 0.1) is 5.82 Å². The molecule has 0 bridgehead atoms. The molecule has 164 valence electrons. The van der Waals surface area contributed by atoms with E-state index in [4.69, 9.17) is 4.98 Å². The van der Waals surface area contributed by atoms with Gasteiger partial charge in [0, 0.05) is 25.1 Å². The van der Waals surface area contributed by atoms with E-state index in [-0.39, 0.29) is 11.7 Å². The number of hydrogen-bond acceptors (Lipinski definition) is 2. The van der Waals surface area contributed by atoms with Crippen LogP contribution in [-0.4, -0.2) is 22.0 Å². The highest BCUT2D eigenvalue weighted by molar-refractivity contribution is 5.94. The summed E-state index contributed by atoms with van der Waals surface area (Å²) >= 11 is 0. The van der Waals surface area contributed by atoms with Crippen molar-refractivity contribution in [2.45, 2.75) is 39.2 Å². The predicted octanol–water partition coefficient (Wildman–Crippen LogP) is 5.71. The molecule has 0 aliphatic rings. The van der Waals surface area contributed by atoms with E-state index in [1.165, 1.54) is 35.4 Å². The third kappa shape index (κ3) is 4.88. The summed E-state index contributed by atoms with van der Waals surface area (Å²) in [6, 6.07) is 22.5. The van der Waals surface area contributed by atoms with Gasteiger partial charge in [0.2, 0.25) is 0 Å². The molecule has 1 amide bonds. The zero-order valence-electron chi connectivity index (χ0n) is 18.5. The Labute approximate surface area is 188 Å². The van der Waals surface area contributed by atoms with Crippen LogP contribution < -0.4 is 5.32 Å². The van der Waals surface area contributed by atoms with Crippen molar-refractivity contribution in [1.29, 1.82) is 0 Å². The van der Waals surface area contributed by atoms with Crippen LogP contribution in [0.3, 0.4) is 0 Å². The van der Waals surface area contributed by atoms with Gasteiger partial charge in [0.1, 0.15) is 11.6 Å².